The molecule has 3 N–H and O–H groups in total. The fourth-order valence-corrected chi connectivity index (χ4v) is 2.51. The highest BCUT2D eigenvalue weighted by Crippen LogP contribution is 2.32. The molecule has 0 aliphatic carbocycles. The van der Waals surface area contributed by atoms with Crippen LogP contribution >= 0.6 is 11.6 Å². The Morgan fingerprint density at radius 1 is 1.32 bits per heavy atom. The van der Waals surface area contributed by atoms with Crippen molar-refractivity contribution in [3.8, 4) is 5.75 Å². The van der Waals surface area contributed by atoms with Gasteiger partial charge < -0.3 is 15.4 Å². The molecule has 0 saturated heterocycles. The van der Waals surface area contributed by atoms with Gasteiger partial charge in [-0.15, -0.1) is 0 Å². The van der Waals surface area contributed by atoms with Crippen molar-refractivity contribution in [2.75, 3.05) is 31.3 Å². The topological polar surface area (TPSA) is 96.5 Å². The molecule has 0 heterocycles. The lowest BCUT2D eigenvalue weighted by Gasteiger charge is -2.12. The molecular weight excluding hydrogens is 330 g/mol. The maximum atomic E-state index is 11.7. The number of hydrogen-bond donors (Lipinski definition) is 3. The van der Waals surface area contributed by atoms with Crippen LogP contribution in [0.3, 0.4) is 0 Å². The number of benzene rings is 1. The minimum atomic E-state index is -3.19. The van der Waals surface area contributed by atoms with Gasteiger partial charge in [0.05, 0.1) is 23.6 Å². The van der Waals surface area contributed by atoms with Crippen LogP contribution in [0, 0.1) is 0 Å². The van der Waals surface area contributed by atoms with Gasteiger partial charge in [0.25, 0.3) is 0 Å². The molecule has 0 aliphatic rings. The SMILES string of the molecule is CCS(=O)(=O)NCCCNC(=O)Nc1cccc(Cl)c1OC. The van der Waals surface area contributed by atoms with E-state index < -0.39 is 16.1 Å². The van der Waals surface area contributed by atoms with Crippen molar-refractivity contribution in [3.05, 3.63) is 23.2 Å². The van der Waals surface area contributed by atoms with E-state index in [-0.39, 0.29) is 12.3 Å². The number of methoxy groups -OCH3 is 1. The molecule has 1 aromatic rings. The van der Waals surface area contributed by atoms with Crippen molar-refractivity contribution in [1.29, 1.82) is 0 Å². The Balaban J connectivity index is 2.37. The predicted octanol–water partition coefficient (Wildman–Crippen LogP) is 1.80. The summed E-state index contributed by atoms with van der Waals surface area (Å²) in [6.45, 7) is 2.17. The van der Waals surface area contributed by atoms with Crippen LogP contribution in [-0.2, 0) is 10.0 Å². The molecule has 0 aliphatic heterocycles. The molecule has 1 aromatic carbocycles. The minimum absolute atomic E-state index is 0.0372. The summed E-state index contributed by atoms with van der Waals surface area (Å²) in [5.74, 6) is 0.421. The fraction of sp³-hybridized carbons (Fsp3) is 0.462. The van der Waals surface area contributed by atoms with E-state index in [2.05, 4.69) is 15.4 Å². The average molecular weight is 350 g/mol. The molecule has 0 unspecified atom stereocenters. The standard InChI is InChI=1S/C13H20ClN3O4S/c1-3-22(19,20)16-9-5-8-15-13(18)17-11-7-4-6-10(14)12(11)21-2/h4,6-7,16H,3,5,8-9H2,1-2H3,(H2,15,17,18). The van der Waals surface area contributed by atoms with Crippen LogP contribution in [0.1, 0.15) is 13.3 Å². The third-order valence-electron chi connectivity index (χ3n) is 2.76. The lowest BCUT2D eigenvalue weighted by molar-refractivity contribution is 0.252. The summed E-state index contributed by atoms with van der Waals surface area (Å²) in [6.07, 6.45) is 0.485. The molecule has 124 valence electrons. The van der Waals surface area contributed by atoms with Gasteiger partial charge in [-0.3, -0.25) is 0 Å². The minimum Gasteiger partial charge on any atom is -0.493 e. The Bertz CT molecular complexity index is 607. The Hall–Kier alpha value is -1.51. The number of sulfonamides is 1. The Morgan fingerprint density at radius 3 is 2.68 bits per heavy atom. The Kier molecular flexibility index (Phi) is 7.43. The van der Waals surface area contributed by atoms with E-state index in [0.717, 1.165) is 0 Å². The maximum Gasteiger partial charge on any atom is 0.319 e. The van der Waals surface area contributed by atoms with Gasteiger partial charge in [0.2, 0.25) is 10.0 Å². The summed E-state index contributed by atoms with van der Waals surface area (Å²) in [7, 11) is -1.73. The number of urea groups is 1. The molecule has 0 saturated carbocycles. The van der Waals surface area contributed by atoms with Gasteiger partial charge in [-0.2, -0.15) is 0 Å². The van der Waals surface area contributed by atoms with Gasteiger partial charge in [0.1, 0.15) is 0 Å². The summed E-state index contributed by atoms with van der Waals surface area (Å²) < 4.78 is 29.9. The molecule has 0 bridgehead atoms. The van der Waals surface area contributed by atoms with Gasteiger partial charge in [-0.25, -0.2) is 17.9 Å². The number of amides is 2. The molecule has 2 amide bonds. The van der Waals surface area contributed by atoms with E-state index in [4.69, 9.17) is 16.3 Å². The Morgan fingerprint density at radius 2 is 2.05 bits per heavy atom. The second-order valence-electron chi connectivity index (χ2n) is 4.35. The van der Waals surface area contributed by atoms with Gasteiger partial charge in [-0.05, 0) is 25.5 Å². The molecule has 0 radical (unpaired) electrons. The van der Waals surface area contributed by atoms with Crippen molar-refractivity contribution in [2.45, 2.75) is 13.3 Å². The number of carbonyl (C=O) groups excluding carboxylic acids is 1. The van der Waals surface area contributed by atoms with Gasteiger partial charge in [-0.1, -0.05) is 17.7 Å². The normalized spacial score (nSPS) is 11.0. The van der Waals surface area contributed by atoms with Crippen LogP contribution in [0.15, 0.2) is 18.2 Å². The molecule has 22 heavy (non-hydrogen) atoms. The number of hydrogen-bond acceptors (Lipinski definition) is 4. The number of nitrogens with one attached hydrogen (secondary N) is 3. The van der Waals surface area contributed by atoms with Crippen molar-refractivity contribution in [1.82, 2.24) is 10.0 Å². The summed E-state index contributed by atoms with van der Waals surface area (Å²) in [4.78, 5) is 11.7. The molecule has 1 rings (SSSR count). The zero-order chi connectivity index (χ0) is 16.6. The molecule has 0 aromatic heterocycles. The summed E-state index contributed by atoms with van der Waals surface area (Å²) >= 11 is 5.95. The van der Waals surface area contributed by atoms with Crippen LogP contribution < -0.4 is 20.1 Å². The highest BCUT2D eigenvalue weighted by molar-refractivity contribution is 7.89. The highest BCUT2D eigenvalue weighted by Gasteiger charge is 2.10. The number of rotatable bonds is 8. The quantitative estimate of drug-likeness (QED) is 0.623. The number of halogens is 1. The summed E-state index contributed by atoms with van der Waals surface area (Å²) in [5.41, 5.74) is 0.458. The predicted molar refractivity (Wildman–Crippen MR) is 87.1 cm³/mol. The monoisotopic (exact) mass is 349 g/mol. The van der Waals surface area contributed by atoms with Gasteiger partial charge in [0, 0.05) is 13.1 Å². The van der Waals surface area contributed by atoms with Crippen LogP contribution in [0.4, 0.5) is 10.5 Å². The Labute approximate surface area is 135 Å². The van der Waals surface area contributed by atoms with E-state index in [0.29, 0.717) is 29.4 Å². The highest BCUT2D eigenvalue weighted by atomic mass is 35.5. The third-order valence-corrected chi connectivity index (χ3v) is 4.46. The van der Waals surface area contributed by atoms with E-state index in [1.807, 2.05) is 0 Å². The second-order valence-corrected chi connectivity index (χ2v) is 6.86. The zero-order valence-corrected chi connectivity index (χ0v) is 14.1. The lowest BCUT2D eigenvalue weighted by atomic mass is 10.3. The van der Waals surface area contributed by atoms with E-state index in [1.165, 1.54) is 7.11 Å². The van der Waals surface area contributed by atoms with Crippen molar-refractivity contribution in [3.63, 3.8) is 0 Å². The molecule has 0 spiro atoms. The molecule has 7 nitrogen and oxygen atoms in total. The number of ether oxygens (including phenoxy) is 1. The van der Waals surface area contributed by atoms with Gasteiger partial charge in [0.15, 0.2) is 5.75 Å². The first-order chi connectivity index (χ1) is 10.4. The fourth-order valence-electron chi connectivity index (χ4n) is 1.60. The zero-order valence-electron chi connectivity index (χ0n) is 12.5. The molecule has 9 heteroatoms. The summed E-state index contributed by atoms with van der Waals surface area (Å²) in [6, 6.07) is 4.60. The van der Waals surface area contributed by atoms with Crippen LogP contribution in [0.5, 0.6) is 5.75 Å². The molecule has 0 atom stereocenters. The van der Waals surface area contributed by atoms with E-state index in [9.17, 15) is 13.2 Å². The average Bonchev–Trinajstić information content (AvgIpc) is 2.47. The number of para-hydroxylation sites is 1. The number of carbonyl (C=O) groups is 1. The summed E-state index contributed by atoms with van der Waals surface area (Å²) in [5, 5.41) is 5.64. The second kappa shape index (κ2) is 8.82. The van der Waals surface area contributed by atoms with Crippen LogP contribution in [-0.4, -0.2) is 40.4 Å². The first-order valence-electron chi connectivity index (χ1n) is 6.74. The first-order valence-corrected chi connectivity index (χ1v) is 8.77. The van der Waals surface area contributed by atoms with E-state index >= 15 is 0 Å². The third kappa shape index (κ3) is 6.08. The smallest absolute Gasteiger partial charge is 0.319 e. The first kappa shape index (κ1) is 18.5. The number of anilines is 1. The lowest BCUT2D eigenvalue weighted by Crippen LogP contribution is -2.33. The van der Waals surface area contributed by atoms with Crippen molar-refractivity contribution in [2.24, 2.45) is 0 Å². The van der Waals surface area contributed by atoms with E-state index in [1.54, 1.807) is 25.1 Å². The molecule has 0 fully saturated rings. The largest absolute Gasteiger partial charge is 0.493 e. The van der Waals surface area contributed by atoms with Gasteiger partial charge >= 0.3 is 6.03 Å². The van der Waals surface area contributed by atoms with Crippen molar-refractivity contribution < 1.29 is 17.9 Å². The van der Waals surface area contributed by atoms with Crippen LogP contribution in [0.2, 0.25) is 5.02 Å². The van der Waals surface area contributed by atoms with Crippen LogP contribution in [0.25, 0.3) is 0 Å². The van der Waals surface area contributed by atoms with Crippen molar-refractivity contribution >= 4 is 33.3 Å². The molecular formula is C13H20ClN3O4S. The maximum absolute atomic E-state index is 11.7.